The van der Waals surface area contributed by atoms with Crippen LogP contribution >= 0.6 is 0 Å². The largest absolute Gasteiger partial charge is 0.502 e. The van der Waals surface area contributed by atoms with Crippen LogP contribution in [0.15, 0.2) is 29.1 Å². The first-order valence-electron chi connectivity index (χ1n) is 9.05. The van der Waals surface area contributed by atoms with Crippen LogP contribution in [0.25, 0.3) is 0 Å². The van der Waals surface area contributed by atoms with E-state index < -0.39 is 34.9 Å². The predicted molar refractivity (Wildman–Crippen MR) is 101 cm³/mol. The molecule has 2 amide bonds. The minimum atomic E-state index is -4.51. The Balaban J connectivity index is 2.02. The highest BCUT2D eigenvalue weighted by molar-refractivity contribution is 6.03. The van der Waals surface area contributed by atoms with Gasteiger partial charge in [-0.25, -0.2) is 0 Å². The van der Waals surface area contributed by atoms with Crippen molar-refractivity contribution in [2.45, 2.75) is 19.1 Å². The van der Waals surface area contributed by atoms with Crippen molar-refractivity contribution in [1.82, 2.24) is 14.4 Å². The van der Waals surface area contributed by atoms with Crippen molar-refractivity contribution in [3.63, 3.8) is 0 Å². The second-order valence-electron chi connectivity index (χ2n) is 7.29. The fraction of sp³-hybridized carbons (Fsp3) is 0.350. The van der Waals surface area contributed by atoms with Crippen molar-refractivity contribution in [3.05, 3.63) is 62.6 Å². The van der Waals surface area contributed by atoms with E-state index in [-0.39, 0.29) is 41.9 Å². The Labute approximate surface area is 169 Å². The summed E-state index contributed by atoms with van der Waals surface area (Å²) in [5.74, 6) is -1.98. The molecule has 160 valence electrons. The Morgan fingerprint density at radius 3 is 2.50 bits per heavy atom. The number of alkyl halides is 3. The van der Waals surface area contributed by atoms with Gasteiger partial charge in [0.25, 0.3) is 17.4 Å². The summed E-state index contributed by atoms with van der Waals surface area (Å²) in [6, 6.07) is 4.60. The summed E-state index contributed by atoms with van der Waals surface area (Å²) in [7, 11) is 4.33. The van der Waals surface area contributed by atoms with Gasteiger partial charge in [-0.3, -0.25) is 14.4 Å². The summed E-state index contributed by atoms with van der Waals surface area (Å²) in [4.78, 5) is 40.5. The molecule has 2 aromatic rings. The molecule has 0 saturated carbocycles. The highest BCUT2D eigenvalue weighted by Crippen LogP contribution is 2.31. The molecule has 0 bridgehead atoms. The summed E-state index contributed by atoms with van der Waals surface area (Å²) in [6.07, 6.45) is -4.35. The van der Waals surface area contributed by atoms with E-state index in [4.69, 9.17) is 0 Å². The number of benzene rings is 1. The number of fused-ring (bicyclic) bond motifs is 1. The molecule has 0 saturated heterocycles. The van der Waals surface area contributed by atoms with Crippen molar-refractivity contribution in [1.29, 1.82) is 0 Å². The van der Waals surface area contributed by atoms with E-state index in [2.05, 4.69) is 0 Å². The van der Waals surface area contributed by atoms with Crippen LogP contribution in [-0.4, -0.2) is 51.9 Å². The molecule has 30 heavy (non-hydrogen) atoms. The highest BCUT2D eigenvalue weighted by Gasteiger charge is 2.35. The molecule has 1 aliphatic heterocycles. The SMILES string of the molecule is CN(C)C(=O)c1c2c(c(O)c(=O)n1C)C(=O)N(Cc1cccc(C(F)(F)F)c1)CC2. The third-order valence-electron chi connectivity index (χ3n) is 5.04. The minimum absolute atomic E-state index is 0.00451. The topological polar surface area (TPSA) is 82.9 Å². The van der Waals surface area contributed by atoms with Crippen LogP contribution in [0.1, 0.15) is 37.5 Å². The van der Waals surface area contributed by atoms with Crippen LogP contribution in [0, 0.1) is 0 Å². The van der Waals surface area contributed by atoms with E-state index >= 15 is 0 Å². The Morgan fingerprint density at radius 1 is 1.23 bits per heavy atom. The molecule has 7 nitrogen and oxygen atoms in total. The lowest BCUT2D eigenvalue weighted by molar-refractivity contribution is -0.137. The third-order valence-corrected chi connectivity index (χ3v) is 5.04. The molecule has 1 aromatic carbocycles. The van der Waals surface area contributed by atoms with Gasteiger partial charge in [-0.15, -0.1) is 0 Å². The monoisotopic (exact) mass is 423 g/mol. The number of carbonyl (C=O) groups is 2. The molecule has 2 heterocycles. The smallest absolute Gasteiger partial charge is 0.416 e. The second kappa shape index (κ2) is 7.51. The van der Waals surface area contributed by atoms with Gasteiger partial charge in [0.2, 0.25) is 0 Å². The maximum atomic E-state index is 13.0. The molecule has 1 aromatic heterocycles. The van der Waals surface area contributed by atoms with Gasteiger partial charge >= 0.3 is 6.18 Å². The van der Waals surface area contributed by atoms with Crippen LogP contribution in [-0.2, 0) is 26.2 Å². The summed E-state index contributed by atoms with van der Waals surface area (Å²) < 4.78 is 39.9. The van der Waals surface area contributed by atoms with Crippen molar-refractivity contribution in [2.24, 2.45) is 7.05 Å². The van der Waals surface area contributed by atoms with Crippen molar-refractivity contribution in [2.75, 3.05) is 20.6 Å². The molecule has 1 aliphatic rings. The van der Waals surface area contributed by atoms with E-state index in [1.807, 2.05) is 0 Å². The molecule has 0 spiro atoms. The van der Waals surface area contributed by atoms with Crippen LogP contribution in [0.5, 0.6) is 5.75 Å². The van der Waals surface area contributed by atoms with Crippen LogP contribution in [0.4, 0.5) is 13.2 Å². The molecule has 0 atom stereocenters. The zero-order chi connectivity index (χ0) is 22.4. The molecule has 0 unspecified atom stereocenters. The van der Waals surface area contributed by atoms with E-state index in [0.29, 0.717) is 0 Å². The third kappa shape index (κ3) is 3.64. The number of pyridine rings is 1. The lowest BCUT2D eigenvalue weighted by Gasteiger charge is -2.31. The number of hydrogen-bond acceptors (Lipinski definition) is 4. The van der Waals surface area contributed by atoms with Crippen molar-refractivity contribution < 1.29 is 27.9 Å². The number of amides is 2. The van der Waals surface area contributed by atoms with Gasteiger partial charge < -0.3 is 19.5 Å². The normalized spacial score (nSPS) is 13.9. The van der Waals surface area contributed by atoms with Gasteiger partial charge in [0.05, 0.1) is 11.1 Å². The van der Waals surface area contributed by atoms with Crippen LogP contribution < -0.4 is 5.56 Å². The zero-order valence-electron chi connectivity index (χ0n) is 16.6. The fourth-order valence-electron chi connectivity index (χ4n) is 3.51. The lowest BCUT2D eigenvalue weighted by Crippen LogP contribution is -2.42. The van der Waals surface area contributed by atoms with Gasteiger partial charge in [0, 0.05) is 39.8 Å². The van der Waals surface area contributed by atoms with E-state index in [0.717, 1.165) is 16.7 Å². The Morgan fingerprint density at radius 2 is 1.90 bits per heavy atom. The predicted octanol–water partition coefficient (Wildman–Crippen LogP) is 2.01. The molecule has 10 heteroatoms. The lowest BCUT2D eigenvalue weighted by atomic mass is 9.95. The van der Waals surface area contributed by atoms with E-state index in [1.54, 1.807) is 0 Å². The first-order valence-corrected chi connectivity index (χ1v) is 9.05. The second-order valence-corrected chi connectivity index (χ2v) is 7.29. The standard InChI is InChI=1S/C20H20F3N3O4/c1-24(2)18(29)15-13-7-8-26(17(28)14(13)16(27)19(30)25(15)3)10-11-5-4-6-12(9-11)20(21,22)23/h4-6,9,27H,7-8,10H2,1-3H3. The first kappa shape index (κ1) is 21.4. The quantitative estimate of drug-likeness (QED) is 0.819. The number of rotatable bonds is 3. The fourth-order valence-corrected chi connectivity index (χ4v) is 3.51. The highest BCUT2D eigenvalue weighted by atomic mass is 19.4. The maximum Gasteiger partial charge on any atom is 0.416 e. The summed E-state index contributed by atoms with van der Waals surface area (Å²) in [6.45, 7) is -0.0127. The van der Waals surface area contributed by atoms with Crippen LogP contribution in [0.2, 0.25) is 0 Å². The van der Waals surface area contributed by atoms with Gasteiger partial charge in [-0.05, 0) is 24.1 Å². The van der Waals surface area contributed by atoms with Crippen molar-refractivity contribution in [3.8, 4) is 5.75 Å². The minimum Gasteiger partial charge on any atom is -0.502 e. The summed E-state index contributed by atoms with van der Waals surface area (Å²) in [5, 5.41) is 10.3. The molecular weight excluding hydrogens is 403 g/mol. The summed E-state index contributed by atoms with van der Waals surface area (Å²) >= 11 is 0. The summed E-state index contributed by atoms with van der Waals surface area (Å²) in [5.41, 5.74) is -1.49. The maximum absolute atomic E-state index is 13.0. The number of halogens is 3. The van der Waals surface area contributed by atoms with Crippen molar-refractivity contribution >= 4 is 11.8 Å². The Kier molecular flexibility index (Phi) is 5.36. The van der Waals surface area contributed by atoms with Crippen LogP contribution in [0.3, 0.4) is 0 Å². The molecular formula is C20H20F3N3O4. The molecule has 3 rings (SSSR count). The number of carbonyl (C=O) groups excluding carboxylic acids is 2. The van der Waals surface area contributed by atoms with Gasteiger partial charge in [0.1, 0.15) is 5.69 Å². The Bertz CT molecular complexity index is 1090. The molecule has 0 radical (unpaired) electrons. The Hall–Kier alpha value is -3.30. The number of hydrogen-bond donors (Lipinski definition) is 1. The van der Waals surface area contributed by atoms with Gasteiger partial charge in [-0.1, -0.05) is 12.1 Å². The average molecular weight is 423 g/mol. The van der Waals surface area contributed by atoms with Gasteiger partial charge in [0.15, 0.2) is 5.75 Å². The zero-order valence-corrected chi connectivity index (χ0v) is 16.6. The number of nitrogens with zero attached hydrogens (tertiary/aromatic N) is 3. The number of aromatic hydroxyl groups is 1. The first-order chi connectivity index (χ1) is 13.9. The molecule has 1 N–H and O–H groups in total. The van der Waals surface area contributed by atoms with E-state index in [1.165, 1.54) is 43.1 Å². The average Bonchev–Trinajstić information content (AvgIpc) is 2.67. The molecule has 0 aliphatic carbocycles. The van der Waals surface area contributed by atoms with Gasteiger partial charge in [-0.2, -0.15) is 13.2 Å². The number of aromatic nitrogens is 1. The molecule has 0 fully saturated rings. The van der Waals surface area contributed by atoms with E-state index in [9.17, 15) is 32.7 Å².